The molecule has 3 rings (SSSR count). The normalized spacial score (nSPS) is 47.5. The number of amides is 1. The van der Waals surface area contributed by atoms with Gasteiger partial charge in [-0.25, -0.2) is 4.79 Å². The van der Waals surface area contributed by atoms with E-state index in [1.54, 1.807) is 34.6 Å². The van der Waals surface area contributed by atoms with Crippen molar-refractivity contribution >= 4 is 6.09 Å². The topological polar surface area (TPSA) is 239 Å². The van der Waals surface area contributed by atoms with Crippen LogP contribution in [0.4, 0.5) is 4.79 Å². The van der Waals surface area contributed by atoms with Crippen molar-refractivity contribution in [2.75, 3.05) is 6.61 Å². The first-order chi connectivity index (χ1) is 18.1. The van der Waals surface area contributed by atoms with Crippen molar-refractivity contribution in [1.29, 1.82) is 0 Å². The molecule has 0 radical (unpaired) electrons. The Morgan fingerprint density at radius 1 is 0.974 bits per heavy atom. The number of nitrogens with one attached hydrogen (secondary N) is 1. The highest BCUT2D eigenvalue weighted by Crippen LogP contribution is 2.40. The van der Waals surface area contributed by atoms with Crippen molar-refractivity contribution in [3.8, 4) is 0 Å². The average Bonchev–Trinajstić information content (AvgIpc) is 2.84. The first-order valence-electron chi connectivity index (χ1n) is 13.6. The van der Waals surface area contributed by atoms with Crippen LogP contribution < -0.4 is 16.8 Å². The fourth-order valence-electron chi connectivity index (χ4n) is 5.81. The Kier molecular flexibility index (Phi) is 10.6. The molecular formula is C25H47N3O11. The molecule has 15 atom stereocenters. The molecule has 2 saturated heterocycles. The molecule has 0 aromatic carbocycles. The van der Waals surface area contributed by atoms with Crippen LogP contribution in [0, 0.1) is 11.8 Å². The summed E-state index contributed by atoms with van der Waals surface area (Å²) in [6.45, 7) is 8.01. The van der Waals surface area contributed by atoms with Gasteiger partial charge in [-0.2, -0.15) is 0 Å². The van der Waals surface area contributed by atoms with Crippen LogP contribution in [0.15, 0.2) is 0 Å². The second-order valence-corrected chi connectivity index (χ2v) is 12.0. The Morgan fingerprint density at radius 2 is 1.62 bits per heavy atom. The Morgan fingerprint density at radius 3 is 2.18 bits per heavy atom. The van der Waals surface area contributed by atoms with Gasteiger partial charge in [0.15, 0.2) is 6.29 Å². The summed E-state index contributed by atoms with van der Waals surface area (Å²) in [5.74, 6) is -1.54. The molecule has 14 nitrogen and oxygen atoms in total. The van der Waals surface area contributed by atoms with Gasteiger partial charge < -0.3 is 66.4 Å². The number of alkyl carbamates (subject to hydrolysis) is 1. The summed E-state index contributed by atoms with van der Waals surface area (Å²) < 4.78 is 23.1. The van der Waals surface area contributed by atoms with E-state index >= 15 is 0 Å². The quantitative estimate of drug-likeness (QED) is 0.159. The van der Waals surface area contributed by atoms with Crippen LogP contribution in [-0.2, 0) is 18.9 Å². The van der Waals surface area contributed by atoms with Crippen molar-refractivity contribution in [3.05, 3.63) is 0 Å². The Labute approximate surface area is 228 Å². The molecule has 1 saturated carbocycles. The van der Waals surface area contributed by atoms with Crippen LogP contribution in [0.2, 0.25) is 0 Å². The van der Waals surface area contributed by atoms with Gasteiger partial charge in [-0.15, -0.1) is 0 Å². The van der Waals surface area contributed by atoms with Crippen LogP contribution in [0.3, 0.4) is 0 Å². The average molecular weight is 566 g/mol. The summed E-state index contributed by atoms with van der Waals surface area (Å²) in [7, 11) is 0. The minimum Gasteiger partial charge on any atom is -0.444 e. The molecule has 39 heavy (non-hydrogen) atoms. The number of carbonyl (C=O) groups excluding carboxylic acids is 1. The van der Waals surface area contributed by atoms with Gasteiger partial charge in [0.25, 0.3) is 0 Å². The predicted octanol–water partition coefficient (Wildman–Crippen LogP) is -2.73. The van der Waals surface area contributed by atoms with Crippen LogP contribution in [0.1, 0.15) is 47.5 Å². The number of hydrogen-bond acceptors (Lipinski definition) is 13. The third kappa shape index (κ3) is 7.01. The Bertz CT molecular complexity index is 813. The second-order valence-electron chi connectivity index (χ2n) is 12.0. The van der Waals surface area contributed by atoms with E-state index in [2.05, 4.69) is 5.32 Å². The fourth-order valence-corrected chi connectivity index (χ4v) is 5.81. The third-order valence-electron chi connectivity index (χ3n) is 7.98. The number of aliphatic hydroxyl groups excluding tert-OH is 6. The van der Waals surface area contributed by atoms with E-state index in [1.807, 2.05) is 0 Å². The van der Waals surface area contributed by atoms with E-state index in [4.69, 9.17) is 30.4 Å². The molecule has 0 aromatic rings. The van der Waals surface area contributed by atoms with E-state index in [-0.39, 0.29) is 6.42 Å². The fraction of sp³-hybridized carbons (Fsp3) is 0.960. The third-order valence-corrected chi connectivity index (χ3v) is 7.98. The lowest BCUT2D eigenvalue weighted by Crippen LogP contribution is -2.69. The zero-order valence-electron chi connectivity index (χ0n) is 23.2. The maximum absolute atomic E-state index is 12.7. The number of rotatable bonds is 6. The highest BCUT2D eigenvalue weighted by Gasteiger charge is 2.55. The van der Waals surface area contributed by atoms with Crippen LogP contribution in [-0.4, -0.2) is 128 Å². The monoisotopic (exact) mass is 565 g/mol. The van der Waals surface area contributed by atoms with Crippen LogP contribution in [0.5, 0.6) is 0 Å². The molecule has 0 spiro atoms. The van der Waals surface area contributed by atoms with E-state index in [9.17, 15) is 35.4 Å². The van der Waals surface area contributed by atoms with Crippen molar-refractivity contribution in [2.45, 2.75) is 132 Å². The van der Waals surface area contributed by atoms with Gasteiger partial charge in [0.05, 0.1) is 37.1 Å². The molecular weight excluding hydrogens is 518 g/mol. The Balaban J connectivity index is 1.91. The SMILES string of the molecule is CCC1OC(C2C(NC(=O)OC(C)(C)C)CC(N)C(OC3OC(CO)C(O)C(N)C3O)C2O)C(C)C(O)C1O. The second kappa shape index (κ2) is 12.8. The number of hydrogen-bond donors (Lipinski definition) is 9. The van der Waals surface area contributed by atoms with Crippen LogP contribution in [0.25, 0.3) is 0 Å². The molecule has 3 fully saturated rings. The van der Waals surface area contributed by atoms with Crippen molar-refractivity contribution in [1.82, 2.24) is 5.32 Å². The van der Waals surface area contributed by atoms with Gasteiger partial charge in [0, 0.05) is 23.9 Å². The lowest BCUT2D eigenvalue weighted by Gasteiger charge is -2.52. The van der Waals surface area contributed by atoms with Gasteiger partial charge in [-0.1, -0.05) is 13.8 Å². The van der Waals surface area contributed by atoms with Crippen LogP contribution >= 0.6 is 0 Å². The zero-order valence-corrected chi connectivity index (χ0v) is 23.2. The minimum atomic E-state index is -1.50. The minimum absolute atomic E-state index is 0.0918. The molecule has 3 aliphatic rings. The molecule has 1 aliphatic carbocycles. The van der Waals surface area contributed by atoms with Crippen molar-refractivity contribution in [3.63, 3.8) is 0 Å². The Hall–Kier alpha value is -1.17. The molecule has 11 N–H and O–H groups in total. The van der Waals surface area contributed by atoms with Gasteiger partial charge in [-0.05, 0) is 33.6 Å². The highest BCUT2D eigenvalue weighted by molar-refractivity contribution is 5.68. The molecule has 15 unspecified atom stereocenters. The largest absolute Gasteiger partial charge is 0.444 e. The number of nitrogens with two attached hydrogens (primary N) is 2. The standard InChI is InChI=1S/C25H47N3O11/c1-6-12-18(32)16(30)9(2)21(36-12)14-11(28-24(35)39-25(3,4)5)7-10(26)22(19(14)33)38-23-20(34)15(27)17(31)13(8-29)37-23/h9-23,29-34H,6-8,26-27H2,1-5H3,(H,28,35). The maximum atomic E-state index is 12.7. The predicted molar refractivity (Wildman–Crippen MR) is 136 cm³/mol. The zero-order chi connectivity index (χ0) is 29.4. The smallest absolute Gasteiger partial charge is 0.407 e. The molecule has 1 amide bonds. The van der Waals surface area contributed by atoms with E-state index in [0.717, 1.165) is 0 Å². The van der Waals surface area contributed by atoms with E-state index in [0.29, 0.717) is 6.42 Å². The van der Waals surface area contributed by atoms with Gasteiger partial charge in [0.2, 0.25) is 0 Å². The van der Waals surface area contributed by atoms with Gasteiger partial charge in [0.1, 0.15) is 36.1 Å². The molecule has 228 valence electrons. The maximum Gasteiger partial charge on any atom is 0.407 e. The van der Waals surface area contributed by atoms with E-state index < -0.39 is 109 Å². The number of ether oxygens (including phenoxy) is 4. The molecule has 2 heterocycles. The lowest BCUT2D eigenvalue weighted by atomic mass is 9.69. The first-order valence-corrected chi connectivity index (χ1v) is 13.6. The summed E-state index contributed by atoms with van der Waals surface area (Å²) in [5.41, 5.74) is 11.5. The highest BCUT2D eigenvalue weighted by atomic mass is 16.7. The summed E-state index contributed by atoms with van der Waals surface area (Å²) in [5, 5.41) is 66.0. The van der Waals surface area contributed by atoms with E-state index in [1.165, 1.54) is 0 Å². The lowest BCUT2D eigenvalue weighted by molar-refractivity contribution is -0.308. The number of aliphatic hydroxyl groups is 6. The van der Waals surface area contributed by atoms with Crippen molar-refractivity contribution in [2.24, 2.45) is 23.3 Å². The molecule has 0 bridgehead atoms. The van der Waals surface area contributed by atoms with Crippen molar-refractivity contribution < 1.29 is 54.4 Å². The first kappa shape index (κ1) is 32.3. The summed E-state index contributed by atoms with van der Waals surface area (Å²) in [6, 6.07) is -2.85. The summed E-state index contributed by atoms with van der Waals surface area (Å²) >= 11 is 0. The summed E-state index contributed by atoms with van der Waals surface area (Å²) in [6.07, 6.45) is -12.1. The summed E-state index contributed by atoms with van der Waals surface area (Å²) in [4.78, 5) is 12.7. The van der Waals surface area contributed by atoms with Gasteiger partial charge >= 0.3 is 6.09 Å². The van der Waals surface area contributed by atoms with Gasteiger partial charge in [-0.3, -0.25) is 0 Å². The molecule has 2 aliphatic heterocycles. The molecule has 0 aromatic heterocycles. The number of carbonyl (C=O) groups is 1. The molecule has 14 heteroatoms.